The zero-order valence-electron chi connectivity index (χ0n) is 15.1. The fourth-order valence-corrected chi connectivity index (χ4v) is 2.78. The van der Waals surface area contributed by atoms with Gasteiger partial charge in [0.2, 0.25) is 0 Å². The molecule has 0 spiro atoms. The maximum Gasteiger partial charge on any atom is 0.259 e. The molecule has 2 rings (SSSR count). The maximum absolute atomic E-state index is 12.0. The second kappa shape index (κ2) is 7.95. The van der Waals surface area contributed by atoms with Gasteiger partial charge in [-0.2, -0.15) is 5.10 Å². The number of hydrazone groups is 1. The van der Waals surface area contributed by atoms with Crippen molar-refractivity contribution in [2.75, 3.05) is 11.9 Å². The number of allylic oxidation sites excluding steroid dienone is 3. The van der Waals surface area contributed by atoms with Crippen molar-refractivity contribution in [2.45, 2.75) is 40.5 Å². The summed E-state index contributed by atoms with van der Waals surface area (Å²) in [6, 6.07) is 6.12. The molecule has 0 bridgehead atoms. The van der Waals surface area contributed by atoms with Crippen LogP contribution in [0.5, 0.6) is 0 Å². The fraction of sp³-hybridized carbons (Fsp3) is 0.400. The molecule has 1 aromatic carbocycles. The van der Waals surface area contributed by atoms with Gasteiger partial charge in [-0.05, 0) is 63.7 Å². The average molecular weight is 325 g/mol. The lowest BCUT2D eigenvalue weighted by Crippen LogP contribution is -2.28. The van der Waals surface area contributed by atoms with Crippen LogP contribution in [0.2, 0.25) is 0 Å². The van der Waals surface area contributed by atoms with E-state index in [9.17, 15) is 4.79 Å². The molecule has 0 unspecified atom stereocenters. The lowest BCUT2D eigenvalue weighted by atomic mass is 9.85. The van der Waals surface area contributed by atoms with Crippen LogP contribution < -0.4 is 10.7 Å². The molecule has 1 atom stereocenters. The van der Waals surface area contributed by atoms with E-state index in [-0.39, 0.29) is 12.5 Å². The van der Waals surface area contributed by atoms with Crippen LogP contribution in [0.15, 0.2) is 47.1 Å². The molecular weight excluding hydrogens is 298 g/mol. The Morgan fingerprint density at radius 3 is 2.75 bits per heavy atom. The Labute approximate surface area is 144 Å². The highest BCUT2D eigenvalue weighted by atomic mass is 16.2. The highest BCUT2D eigenvalue weighted by Gasteiger charge is 2.18. The van der Waals surface area contributed by atoms with E-state index in [4.69, 9.17) is 0 Å². The van der Waals surface area contributed by atoms with E-state index in [1.165, 1.54) is 5.56 Å². The summed E-state index contributed by atoms with van der Waals surface area (Å²) >= 11 is 0. The van der Waals surface area contributed by atoms with Gasteiger partial charge < -0.3 is 5.32 Å². The normalized spacial score (nSPS) is 18.9. The molecule has 1 amide bonds. The molecule has 24 heavy (non-hydrogen) atoms. The first-order valence-electron chi connectivity index (χ1n) is 8.36. The van der Waals surface area contributed by atoms with Crippen LogP contribution in [-0.4, -0.2) is 18.2 Å². The number of aryl methyl sites for hydroxylation is 2. The van der Waals surface area contributed by atoms with Crippen molar-refractivity contribution in [3.05, 3.63) is 53.1 Å². The van der Waals surface area contributed by atoms with Crippen molar-refractivity contribution < 1.29 is 4.79 Å². The maximum atomic E-state index is 12.0. The van der Waals surface area contributed by atoms with Gasteiger partial charge in [-0.1, -0.05) is 35.9 Å². The van der Waals surface area contributed by atoms with Crippen LogP contribution in [0, 0.1) is 19.8 Å². The van der Waals surface area contributed by atoms with Crippen LogP contribution >= 0.6 is 0 Å². The highest BCUT2D eigenvalue weighted by molar-refractivity contribution is 6.01. The SMILES string of the molecule is C=C(C)[C@H]1CC=C(C)/C(=N\NC(=O)CNc2ccc(C)cc2C)C1. The van der Waals surface area contributed by atoms with Gasteiger partial charge in [-0.15, -0.1) is 0 Å². The quantitative estimate of drug-likeness (QED) is 0.632. The zero-order chi connectivity index (χ0) is 17.7. The Kier molecular flexibility index (Phi) is 5.96. The molecule has 1 aliphatic rings. The lowest BCUT2D eigenvalue weighted by molar-refractivity contribution is -0.119. The van der Waals surface area contributed by atoms with Crippen LogP contribution in [0.4, 0.5) is 5.69 Å². The van der Waals surface area contributed by atoms with Gasteiger partial charge in [-0.3, -0.25) is 4.79 Å². The van der Waals surface area contributed by atoms with E-state index in [1.54, 1.807) is 0 Å². The topological polar surface area (TPSA) is 53.5 Å². The first kappa shape index (κ1) is 18.0. The van der Waals surface area contributed by atoms with Gasteiger partial charge in [0.15, 0.2) is 0 Å². The summed E-state index contributed by atoms with van der Waals surface area (Å²) in [5.74, 6) is 0.269. The summed E-state index contributed by atoms with van der Waals surface area (Å²) in [6.07, 6.45) is 4.01. The van der Waals surface area contributed by atoms with Crippen molar-refractivity contribution in [2.24, 2.45) is 11.0 Å². The van der Waals surface area contributed by atoms with Crippen LogP contribution in [0.25, 0.3) is 0 Å². The second-order valence-electron chi connectivity index (χ2n) is 6.64. The summed E-state index contributed by atoms with van der Waals surface area (Å²) in [4.78, 5) is 12.0. The molecule has 0 aromatic heterocycles. The number of anilines is 1. The van der Waals surface area contributed by atoms with Crippen molar-refractivity contribution in [3.8, 4) is 0 Å². The van der Waals surface area contributed by atoms with E-state index < -0.39 is 0 Å². The summed E-state index contributed by atoms with van der Waals surface area (Å²) in [6.45, 7) is 12.4. The third-order valence-corrected chi connectivity index (χ3v) is 4.44. The number of hydrogen-bond acceptors (Lipinski definition) is 3. The minimum Gasteiger partial charge on any atom is -0.376 e. The van der Waals surface area contributed by atoms with Crippen LogP contribution in [0.1, 0.15) is 37.8 Å². The number of hydrogen-bond donors (Lipinski definition) is 2. The summed E-state index contributed by atoms with van der Waals surface area (Å²) in [7, 11) is 0. The van der Waals surface area contributed by atoms with Crippen LogP contribution in [-0.2, 0) is 4.79 Å². The number of rotatable bonds is 5. The molecule has 0 saturated heterocycles. The Balaban J connectivity index is 1.91. The van der Waals surface area contributed by atoms with Crippen LogP contribution in [0.3, 0.4) is 0 Å². The highest BCUT2D eigenvalue weighted by Crippen LogP contribution is 2.26. The average Bonchev–Trinajstić information content (AvgIpc) is 2.53. The van der Waals surface area contributed by atoms with E-state index >= 15 is 0 Å². The lowest BCUT2D eigenvalue weighted by Gasteiger charge is -2.22. The predicted molar refractivity (Wildman–Crippen MR) is 101 cm³/mol. The molecule has 4 nitrogen and oxygen atoms in total. The number of nitrogens with one attached hydrogen (secondary N) is 2. The first-order valence-corrected chi connectivity index (χ1v) is 8.36. The third-order valence-electron chi connectivity index (χ3n) is 4.44. The van der Waals surface area contributed by atoms with E-state index in [0.29, 0.717) is 5.92 Å². The molecule has 1 aromatic rings. The number of carbonyl (C=O) groups is 1. The standard InChI is InChI=1S/C20H27N3O/c1-13(2)17-8-7-15(4)19(11-17)22-23-20(24)12-21-18-9-6-14(3)10-16(18)5/h6-7,9-10,17,21H,1,8,11-12H2,2-5H3,(H,23,24)/b22-19-/t17-/m0/s1. The first-order chi connectivity index (χ1) is 11.4. The van der Waals surface area contributed by atoms with Gasteiger partial charge in [0, 0.05) is 5.69 Å². The zero-order valence-corrected chi connectivity index (χ0v) is 15.1. The number of carbonyl (C=O) groups excluding carboxylic acids is 1. The largest absolute Gasteiger partial charge is 0.376 e. The molecule has 0 heterocycles. The molecule has 128 valence electrons. The predicted octanol–water partition coefficient (Wildman–Crippen LogP) is 4.12. The monoisotopic (exact) mass is 325 g/mol. The number of amides is 1. The Morgan fingerprint density at radius 1 is 1.33 bits per heavy atom. The molecule has 0 saturated carbocycles. The van der Waals surface area contributed by atoms with E-state index in [1.807, 2.05) is 32.9 Å². The molecule has 2 N–H and O–H groups in total. The second-order valence-corrected chi connectivity index (χ2v) is 6.64. The smallest absolute Gasteiger partial charge is 0.259 e. The van der Waals surface area contributed by atoms with E-state index in [0.717, 1.165) is 41.0 Å². The van der Waals surface area contributed by atoms with Crippen molar-refractivity contribution in [1.82, 2.24) is 5.43 Å². The van der Waals surface area contributed by atoms with E-state index in [2.05, 4.69) is 41.5 Å². The molecule has 0 radical (unpaired) electrons. The minimum absolute atomic E-state index is 0.146. The molecular formula is C20H27N3O. The Morgan fingerprint density at radius 2 is 2.08 bits per heavy atom. The number of nitrogens with zero attached hydrogens (tertiary/aromatic N) is 1. The molecule has 0 fully saturated rings. The van der Waals surface area contributed by atoms with Crippen molar-refractivity contribution >= 4 is 17.3 Å². The van der Waals surface area contributed by atoms with Crippen molar-refractivity contribution in [3.63, 3.8) is 0 Å². The summed E-state index contributed by atoms with van der Waals surface area (Å²) in [5.41, 5.74) is 9.20. The fourth-order valence-electron chi connectivity index (χ4n) is 2.78. The van der Waals surface area contributed by atoms with Gasteiger partial charge in [-0.25, -0.2) is 5.43 Å². The minimum atomic E-state index is -0.146. The van der Waals surface area contributed by atoms with Gasteiger partial charge in [0.1, 0.15) is 0 Å². The Hall–Kier alpha value is -2.36. The van der Waals surface area contributed by atoms with Gasteiger partial charge in [0.25, 0.3) is 5.91 Å². The Bertz CT molecular complexity index is 701. The van der Waals surface area contributed by atoms with Gasteiger partial charge >= 0.3 is 0 Å². The molecule has 0 aliphatic heterocycles. The number of benzene rings is 1. The van der Waals surface area contributed by atoms with Gasteiger partial charge in [0.05, 0.1) is 12.3 Å². The third kappa shape index (κ3) is 4.82. The summed E-state index contributed by atoms with van der Waals surface area (Å²) in [5, 5.41) is 7.47. The van der Waals surface area contributed by atoms with Crippen molar-refractivity contribution in [1.29, 1.82) is 0 Å². The molecule has 4 heteroatoms. The molecule has 1 aliphatic carbocycles. The summed E-state index contributed by atoms with van der Waals surface area (Å²) < 4.78 is 0.